The van der Waals surface area contributed by atoms with Crippen molar-refractivity contribution in [3.8, 4) is 0 Å². The summed E-state index contributed by atoms with van der Waals surface area (Å²) in [7, 11) is 1.67. The summed E-state index contributed by atoms with van der Waals surface area (Å²) in [4.78, 5) is 0.962. The van der Waals surface area contributed by atoms with E-state index in [0.29, 0.717) is 0 Å². The molecular weight excluding hydrogens is 132 g/mol. The molecule has 0 saturated carbocycles. The fourth-order valence-corrected chi connectivity index (χ4v) is 1.14. The molecule has 0 fully saturated rings. The SMILES string of the molecule is COC1=CCCC=C1S. The van der Waals surface area contributed by atoms with Crippen LogP contribution in [0.2, 0.25) is 0 Å². The van der Waals surface area contributed by atoms with Crippen LogP contribution in [-0.2, 0) is 4.74 Å². The Hall–Kier alpha value is -0.370. The monoisotopic (exact) mass is 142 g/mol. The summed E-state index contributed by atoms with van der Waals surface area (Å²) in [5, 5.41) is 0. The molecule has 0 N–H and O–H groups in total. The maximum Gasteiger partial charge on any atom is 0.127 e. The molecule has 0 aromatic rings. The number of allylic oxidation sites excluding steroid dienone is 2. The molecule has 1 nitrogen and oxygen atoms in total. The van der Waals surface area contributed by atoms with Crippen molar-refractivity contribution in [3.63, 3.8) is 0 Å². The van der Waals surface area contributed by atoms with Crippen molar-refractivity contribution in [2.24, 2.45) is 0 Å². The normalized spacial score (nSPS) is 18.4. The van der Waals surface area contributed by atoms with Gasteiger partial charge in [0.2, 0.25) is 0 Å². The quantitative estimate of drug-likeness (QED) is 0.552. The van der Waals surface area contributed by atoms with Crippen molar-refractivity contribution in [1.82, 2.24) is 0 Å². The fraction of sp³-hybridized carbons (Fsp3) is 0.429. The van der Waals surface area contributed by atoms with Gasteiger partial charge in [-0.05, 0) is 18.9 Å². The van der Waals surface area contributed by atoms with E-state index in [1.807, 2.05) is 0 Å². The number of rotatable bonds is 1. The molecule has 1 rings (SSSR count). The zero-order valence-electron chi connectivity index (χ0n) is 5.42. The largest absolute Gasteiger partial charge is 0.496 e. The van der Waals surface area contributed by atoms with E-state index >= 15 is 0 Å². The standard InChI is InChI=1S/C7H10OS/c1-8-6-4-2-3-5-7(6)9/h4-5,9H,2-3H2,1H3. The molecule has 2 heteroatoms. The molecule has 0 radical (unpaired) electrons. The number of methoxy groups -OCH3 is 1. The van der Waals surface area contributed by atoms with E-state index in [-0.39, 0.29) is 0 Å². The van der Waals surface area contributed by atoms with Crippen LogP contribution in [0.4, 0.5) is 0 Å². The molecule has 1 aliphatic carbocycles. The molecule has 0 aromatic carbocycles. The molecule has 0 amide bonds. The summed E-state index contributed by atoms with van der Waals surface area (Å²) in [6.07, 6.45) is 6.29. The van der Waals surface area contributed by atoms with E-state index in [1.54, 1.807) is 7.11 Å². The van der Waals surface area contributed by atoms with E-state index in [0.717, 1.165) is 23.5 Å². The molecule has 50 valence electrons. The Labute approximate surface area is 60.8 Å². The van der Waals surface area contributed by atoms with Crippen molar-refractivity contribution in [1.29, 1.82) is 0 Å². The Morgan fingerprint density at radius 2 is 2.11 bits per heavy atom. The Bertz CT molecular complexity index is 158. The predicted molar refractivity (Wildman–Crippen MR) is 41.4 cm³/mol. The van der Waals surface area contributed by atoms with Crippen molar-refractivity contribution in [2.75, 3.05) is 7.11 Å². The third-order valence-corrected chi connectivity index (χ3v) is 1.71. The van der Waals surface area contributed by atoms with E-state index < -0.39 is 0 Å². The van der Waals surface area contributed by atoms with Gasteiger partial charge >= 0.3 is 0 Å². The lowest BCUT2D eigenvalue weighted by atomic mass is 10.2. The van der Waals surface area contributed by atoms with Gasteiger partial charge in [0, 0.05) is 4.91 Å². The van der Waals surface area contributed by atoms with Crippen LogP contribution in [0.25, 0.3) is 0 Å². The molecule has 1 aliphatic rings. The molecule has 0 saturated heterocycles. The van der Waals surface area contributed by atoms with E-state index in [1.165, 1.54) is 0 Å². The molecule has 0 aromatic heterocycles. The molecule has 9 heavy (non-hydrogen) atoms. The van der Waals surface area contributed by atoms with Gasteiger partial charge in [-0.2, -0.15) is 0 Å². The Kier molecular flexibility index (Phi) is 2.22. The van der Waals surface area contributed by atoms with Gasteiger partial charge in [-0.3, -0.25) is 0 Å². The van der Waals surface area contributed by atoms with Crippen LogP contribution in [0.3, 0.4) is 0 Å². The van der Waals surface area contributed by atoms with Crippen LogP contribution < -0.4 is 0 Å². The van der Waals surface area contributed by atoms with Crippen LogP contribution in [-0.4, -0.2) is 7.11 Å². The van der Waals surface area contributed by atoms with E-state index in [4.69, 9.17) is 4.74 Å². The molecule has 0 unspecified atom stereocenters. The van der Waals surface area contributed by atoms with Crippen LogP contribution in [0.5, 0.6) is 0 Å². The summed E-state index contributed by atoms with van der Waals surface area (Å²) >= 11 is 4.20. The molecular formula is C7H10OS. The minimum absolute atomic E-state index is 0.907. The molecule has 0 bridgehead atoms. The minimum atomic E-state index is 0.907. The summed E-state index contributed by atoms with van der Waals surface area (Å²) in [5.74, 6) is 0.907. The van der Waals surface area contributed by atoms with Crippen LogP contribution in [0.15, 0.2) is 22.8 Å². The minimum Gasteiger partial charge on any atom is -0.496 e. The maximum absolute atomic E-state index is 5.02. The first-order valence-electron chi connectivity index (χ1n) is 2.98. The van der Waals surface area contributed by atoms with Crippen LogP contribution in [0.1, 0.15) is 12.8 Å². The van der Waals surface area contributed by atoms with Gasteiger partial charge in [0.05, 0.1) is 7.11 Å². The second kappa shape index (κ2) is 2.97. The first-order chi connectivity index (χ1) is 4.34. The van der Waals surface area contributed by atoms with Crippen molar-refractivity contribution in [2.45, 2.75) is 12.8 Å². The molecule has 0 heterocycles. The Morgan fingerprint density at radius 3 is 2.56 bits per heavy atom. The number of hydrogen-bond acceptors (Lipinski definition) is 2. The van der Waals surface area contributed by atoms with Gasteiger partial charge in [0.15, 0.2) is 0 Å². The van der Waals surface area contributed by atoms with Crippen molar-refractivity contribution >= 4 is 12.6 Å². The summed E-state index contributed by atoms with van der Waals surface area (Å²) in [6, 6.07) is 0. The lowest BCUT2D eigenvalue weighted by Gasteiger charge is -2.08. The number of hydrogen-bond donors (Lipinski definition) is 1. The van der Waals surface area contributed by atoms with Gasteiger partial charge in [-0.25, -0.2) is 0 Å². The predicted octanol–water partition coefficient (Wildman–Crippen LogP) is 2.12. The zero-order valence-corrected chi connectivity index (χ0v) is 6.32. The van der Waals surface area contributed by atoms with Gasteiger partial charge in [-0.1, -0.05) is 6.08 Å². The second-order valence-corrected chi connectivity index (χ2v) is 2.42. The topological polar surface area (TPSA) is 9.23 Å². The van der Waals surface area contributed by atoms with Crippen molar-refractivity contribution in [3.05, 3.63) is 22.8 Å². The highest BCUT2D eigenvalue weighted by Gasteiger charge is 2.02. The highest BCUT2D eigenvalue weighted by atomic mass is 32.1. The average molecular weight is 142 g/mol. The lowest BCUT2D eigenvalue weighted by Crippen LogP contribution is -1.91. The molecule has 0 atom stereocenters. The third kappa shape index (κ3) is 1.52. The van der Waals surface area contributed by atoms with Crippen molar-refractivity contribution < 1.29 is 4.74 Å². The molecule has 0 spiro atoms. The highest BCUT2D eigenvalue weighted by Crippen LogP contribution is 2.21. The van der Waals surface area contributed by atoms with Gasteiger partial charge < -0.3 is 4.74 Å². The summed E-state index contributed by atoms with van der Waals surface area (Å²) in [5.41, 5.74) is 0. The maximum atomic E-state index is 5.02. The summed E-state index contributed by atoms with van der Waals surface area (Å²) < 4.78 is 5.02. The van der Waals surface area contributed by atoms with Crippen LogP contribution in [0, 0.1) is 0 Å². The Morgan fingerprint density at radius 1 is 1.44 bits per heavy atom. The van der Waals surface area contributed by atoms with E-state index in [2.05, 4.69) is 24.8 Å². The molecule has 0 aliphatic heterocycles. The second-order valence-electron chi connectivity index (χ2n) is 1.94. The Balaban J connectivity index is 2.68. The van der Waals surface area contributed by atoms with Gasteiger partial charge in [0.25, 0.3) is 0 Å². The smallest absolute Gasteiger partial charge is 0.127 e. The lowest BCUT2D eigenvalue weighted by molar-refractivity contribution is 0.302. The fourth-order valence-electron chi connectivity index (χ4n) is 0.828. The number of ether oxygens (including phenoxy) is 1. The number of thiol groups is 1. The van der Waals surface area contributed by atoms with E-state index in [9.17, 15) is 0 Å². The first kappa shape index (κ1) is 6.75. The third-order valence-electron chi connectivity index (χ3n) is 1.31. The summed E-state index contributed by atoms with van der Waals surface area (Å²) in [6.45, 7) is 0. The van der Waals surface area contributed by atoms with Crippen LogP contribution >= 0.6 is 12.6 Å². The zero-order chi connectivity index (χ0) is 6.69. The van der Waals surface area contributed by atoms with Gasteiger partial charge in [0.1, 0.15) is 5.76 Å². The van der Waals surface area contributed by atoms with Gasteiger partial charge in [-0.15, -0.1) is 12.6 Å². The highest BCUT2D eigenvalue weighted by molar-refractivity contribution is 7.84. The first-order valence-corrected chi connectivity index (χ1v) is 3.43. The average Bonchev–Trinajstić information content (AvgIpc) is 1.89.